The zero-order valence-electron chi connectivity index (χ0n) is 11.9. The lowest BCUT2D eigenvalue weighted by Crippen LogP contribution is -2.36. The molecule has 0 aliphatic carbocycles. The molecule has 7 heteroatoms. The molecule has 1 aromatic carbocycles. The van der Waals surface area contributed by atoms with E-state index in [1.807, 2.05) is 0 Å². The zero-order chi connectivity index (χ0) is 15.6. The van der Waals surface area contributed by atoms with Crippen LogP contribution in [0.15, 0.2) is 29.2 Å². The van der Waals surface area contributed by atoms with Gasteiger partial charge in [0, 0.05) is 7.05 Å². The summed E-state index contributed by atoms with van der Waals surface area (Å²) in [5, 5.41) is 0. The van der Waals surface area contributed by atoms with Gasteiger partial charge in [0.05, 0.1) is 4.90 Å². The van der Waals surface area contributed by atoms with Crippen molar-refractivity contribution in [1.82, 2.24) is 4.31 Å². The molecule has 5 nitrogen and oxygen atoms in total. The van der Waals surface area contributed by atoms with E-state index in [0.717, 1.165) is 28.6 Å². The Bertz CT molecular complexity index is 575. The van der Waals surface area contributed by atoms with Crippen molar-refractivity contribution in [2.24, 2.45) is 0 Å². The largest absolute Gasteiger partial charge is 0.459 e. The highest BCUT2D eigenvalue weighted by molar-refractivity contribution is 7.89. The van der Waals surface area contributed by atoms with E-state index in [1.165, 1.54) is 7.05 Å². The van der Waals surface area contributed by atoms with Crippen LogP contribution in [0.2, 0.25) is 0 Å². The first kappa shape index (κ1) is 16.6. The Morgan fingerprint density at radius 1 is 1.25 bits per heavy atom. The number of hydrogen-bond donors (Lipinski definition) is 0. The maximum atomic E-state index is 12.8. The van der Waals surface area contributed by atoms with Crippen molar-refractivity contribution in [3.05, 3.63) is 30.1 Å². The molecule has 0 saturated carbocycles. The van der Waals surface area contributed by atoms with Crippen molar-refractivity contribution in [2.75, 3.05) is 13.6 Å². The van der Waals surface area contributed by atoms with Gasteiger partial charge in [-0.1, -0.05) is 0 Å². The summed E-state index contributed by atoms with van der Waals surface area (Å²) < 4.78 is 43.0. The minimum atomic E-state index is -3.84. The summed E-state index contributed by atoms with van der Waals surface area (Å²) in [7, 11) is -2.57. The van der Waals surface area contributed by atoms with E-state index in [-0.39, 0.29) is 4.90 Å². The summed E-state index contributed by atoms with van der Waals surface area (Å²) in [6.45, 7) is 4.68. The van der Waals surface area contributed by atoms with Gasteiger partial charge in [0.1, 0.15) is 18.0 Å². The summed E-state index contributed by atoms with van der Waals surface area (Å²) in [5.41, 5.74) is -0.683. The van der Waals surface area contributed by atoms with Crippen LogP contribution in [0.4, 0.5) is 4.39 Å². The van der Waals surface area contributed by atoms with Crippen LogP contribution < -0.4 is 0 Å². The van der Waals surface area contributed by atoms with Gasteiger partial charge in [0.25, 0.3) is 0 Å². The molecule has 0 heterocycles. The van der Waals surface area contributed by atoms with E-state index in [2.05, 4.69) is 0 Å². The van der Waals surface area contributed by atoms with Crippen molar-refractivity contribution < 1.29 is 22.3 Å². The van der Waals surface area contributed by atoms with Crippen LogP contribution >= 0.6 is 0 Å². The number of carbonyl (C=O) groups excluding carboxylic acids is 1. The van der Waals surface area contributed by atoms with Crippen molar-refractivity contribution in [3.8, 4) is 0 Å². The Morgan fingerprint density at radius 3 is 2.20 bits per heavy atom. The molecule has 0 unspecified atom stereocenters. The first-order valence-electron chi connectivity index (χ1n) is 5.96. The van der Waals surface area contributed by atoms with Crippen LogP contribution in [-0.2, 0) is 19.6 Å². The number of carbonyl (C=O) groups is 1. The van der Waals surface area contributed by atoms with Gasteiger partial charge in [-0.15, -0.1) is 0 Å². The molecule has 0 fully saturated rings. The molecule has 0 N–H and O–H groups in total. The third-order valence-electron chi connectivity index (χ3n) is 2.29. The molecule has 0 atom stereocenters. The van der Waals surface area contributed by atoms with Gasteiger partial charge in [0.15, 0.2) is 0 Å². The Hall–Kier alpha value is -1.47. The van der Waals surface area contributed by atoms with Crippen LogP contribution in [0, 0.1) is 5.82 Å². The second kappa shape index (κ2) is 5.88. The van der Waals surface area contributed by atoms with Gasteiger partial charge in [-0.2, -0.15) is 4.31 Å². The Labute approximate surface area is 118 Å². The fourth-order valence-corrected chi connectivity index (χ4v) is 2.54. The van der Waals surface area contributed by atoms with E-state index in [4.69, 9.17) is 4.74 Å². The van der Waals surface area contributed by atoms with Crippen molar-refractivity contribution in [2.45, 2.75) is 31.3 Å². The number of likely N-dealkylation sites (N-methyl/N-ethyl adjacent to an activating group) is 1. The zero-order valence-corrected chi connectivity index (χ0v) is 12.7. The number of hydrogen-bond acceptors (Lipinski definition) is 4. The topological polar surface area (TPSA) is 63.7 Å². The van der Waals surface area contributed by atoms with Crippen LogP contribution in [0.3, 0.4) is 0 Å². The average molecular weight is 303 g/mol. The van der Waals surface area contributed by atoms with E-state index in [0.29, 0.717) is 0 Å². The highest BCUT2D eigenvalue weighted by Crippen LogP contribution is 2.15. The van der Waals surface area contributed by atoms with Gasteiger partial charge in [0.2, 0.25) is 10.0 Å². The molecular weight excluding hydrogens is 285 g/mol. The molecule has 0 radical (unpaired) electrons. The molecule has 20 heavy (non-hydrogen) atoms. The van der Waals surface area contributed by atoms with Crippen LogP contribution in [0.25, 0.3) is 0 Å². The molecule has 0 bridgehead atoms. The third kappa shape index (κ3) is 4.57. The Kier molecular flexibility index (Phi) is 4.88. The quantitative estimate of drug-likeness (QED) is 0.796. The molecule has 0 aliphatic rings. The summed E-state index contributed by atoms with van der Waals surface area (Å²) >= 11 is 0. The fraction of sp³-hybridized carbons (Fsp3) is 0.462. The molecule has 0 aliphatic heterocycles. The van der Waals surface area contributed by atoms with Gasteiger partial charge in [-0.25, -0.2) is 12.8 Å². The maximum Gasteiger partial charge on any atom is 0.321 e. The van der Waals surface area contributed by atoms with Gasteiger partial charge >= 0.3 is 5.97 Å². The lowest BCUT2D eigenvalue weighted by Gasteiger charge is -2.22. The molecule has 0 amide bonds. The van der Waals surface area contributed by atoms with Gasteiger partial charge < -0.3 is 4.74 Å². The number of sulfonamides is 1. The van der Waals surface area contributed by atoms with Crippen LogP contribution in [0.1, 0.15) is 20.8 Å². The highest BCUT2D eigenvalue weighted by Gasteiger charge is 2.25. The van der Waals surface area contributed by atoms with E-state index >= 15 is 0 Å². The van der Waals surface area contributed by atoms with Gasteiger partial charge in [-0.05, 0) is 45.0 Å². The van der Waals surface area contributed by atoms with Crippen molar-refractivity contribution in [3.63, 3.8) is 0 Å². The highest BCUT2D eigenvalue weighted by atomic mass is 32.2. The molecule has 1 rings (SSSR count). The Balaban J connectivity index is 2.83. The van der Waals surface area contributed by atoms with E-state index < -0.39 is 34.0 Å². The maximum absolute atomic E-state index is 12.8. The minimum Gasteiger partial charge on any atom is -0.459 e. The second-order valence-corrected chi connectivity index (χ2v) is 7.35. The van der Waals surface area contributed by atoms with E-state index in [1.54, 1.807) is 20.8 Å². The van der Waals surface area contributed by atoms with Crippen LogP contribution in [-0.4, -0.2) is 37.9 Å². The number of ether oxygens (including phenoxy) is 1. The number of halogens is 1. The Morgan fingerprint density at radius 2 is 1.75 bits per heavy atom. The summed E-state index contributed by atoms with van der Waals surface area (Å²) in [4.78, 5) is 11.5. The standard InChI is InChI=1S/C13H18FNO4S/c1-13(2,3)19-12(16)9-15(4)20(17,18)11-7-5-10(14)6-8-11/h5-8H,9H2,1-4H3. The SMILES string of the molecule is CN(CC(=O)OC(C)(C)C)S(=O)(=O)c1ccc(F)cc1. The predicted molar refractivity (Wildman–Crippen MR) is 72.1 cm³/mol. The molecule has 0 spiro atoms. The molecule has 1 aromatic rings. The molecule has 112 valence electrons. The smallest absolute Gasteiger partial charge is 0.321 e. The summed E-state index contributed by atoms with van der Waals surface area (Å²) in [6, 6.07) is 4.40. The summed E-state index contributed by atoms with van der Waals surface area (Å²) in [6.07, 6.45) is 0. The summed E-state index contributed by atoms with van der Waals surface area (Å²) in [5.74, 6) is -1.18. The number of nitrogens with zero attached hydrogens (tertiary/aromatic N) is 1. The minimum absolute atomic E-state index is 0.0787. The number of benzene rings is 1. The molecule has 0 aromatic heterocycles. The first-order chi connectivity index (χ1) is 9.02. The normalized spacial score (nSPS) is 12.5. The number of esters is 1. The lowest BCUT2D eigenvalue weighted by atomic mass is 10.2. The molecular formula is C13H18FNO4S. The molecule has 0 saturated heterocycles. The average Bonchev–Trinajstić information content (AvgIpc) is 2.26. The van der Waals surface area contributed by atoms with Crippen molar-refractivity contribution in [1.29, 1.82) is 0 Å². The predicted octanol–water partition coefficient (Wildman–Crippen LogP) is 1.79. The lowest BCUT2D eigenvalue weighted by molar-refractivity contribution is -0.154. The van der Waals surface area contributed by atoms with Gasteiger partial charge in [-0.3, -0.25) is 4.79 Å². The monoisotopic (exact) mass is 303 g/mol. The second-order valence-electron chi connectivity index (χ2n) is 5.30. The first-order valence-corrected chi connectivity index (χ1v) is 7.40. The van der Waals surface area contributed by atoms with Crippen LogP contribution in [0.5, 0.6) is 0 Å². The van der Waals surface area contributed by atoms with Crippen molar-refractivity contribution >= 4 is 16.0 Å². The fourth-order valence-electron chi connectivity index (χ4n) is 1.43. The number of rotatable bonds is 4. The van der Waals surface area contributed by atoms with E-state index in [9.17, 15) is 17.6 Å². The third-order valence-corrected chi connectivity index (χ3v) is 4.11.